The van der Waals surface area contributed by atoms with Crippen LogP contribution in [0.2, 0.25) is 0 Å². The van der Waals surface area contributed by atoms with Gasteiger partial charge in [-0.1, -0.05) is 31.2 Å². The third-order valence-electron chi connectivity index (χ3n) is 4.05. The van der Waals surface area contributed by atoms with E-state index in [-0.39, 0.29) is 11.9 Å². The number of hydrogen-bond donors (Lipinski definition) is 1. The number of nitrogens with zero attached hydrogens (tertiary/aromatic N) is 1. The van der Waals surface area contributed by atoms with Crippen LogP contribution in [0.4, 0.5) is 0 Å². The average Bonchev–Trinajstić information content (AvgIpc) is 2.41. The highest BCUT2D eigenvalue weighted by atomic mass is 16.2. The van der Waals surface area contributed by atoms with E-state index in [4.69, 9.17) is 0 Å². The van der Waals surface area contributed by atoms with Gasteiger partial charge in [-0.2, -0.15) is 0 Å². The van der Waals surface area contributed by atoms with Crippen LogP contribution < -0.4 is 5.32 Å². The Labute approximate surface area is 116 Å². The zero-order valence-corrected chi connectivity index (χ0v) is 12.3. The Balaban J connectivity index is 2.15. The maximum atomic E-state index is 12.0. The van der Waals surface area contributed by atoms with Gasteiger partial charge in [0.25, 0.3) is 0 Å². The third-order valence-corrected chi connectivity index (χ3v) is 4.05. The van der Waals surface area contributed by atoms with E-state index in [0.29, 0.717) is 12.0 Å². The summed E-state index contributed by atoms with van der Waals surface area (Å²) in [5.74, 6) is 0.755. The topological polar surface area (TPSA) is 32.3 Å². The molecule has 1 aliphatic rings. The number of rotatable bonds is 3. The van der Waals surface area contributed by atoms with Crippen molar-refractivity contribution < 1.29 is 4.79 Å². The van der Waals surface area contributed by atoms with Crippen molar-refractivity contribution in [2.75, 3.05) is 14.1 Å². The Morgan fingerprint density at radius 2 is 1.89 bits per heavy atom. The molecule has 3 unspecified atom stereocenters. The summed E-state index contributed by atoms with van der Waals surface area (Å²) in [7, 11) is 3.61. The van der Waals surface area contributed by atoms with Crippen molar-refractivity contribution in [2.24, 2.45) is 0 Å². The van der Waals surface area contributed by atoms with Crippen LogP contribution in [0.3, 0.4) is 0 Å². The minimum Gasteiger partial charge on any atom is -0.347 e. The zero-order chi connectivity index (χ0) is 14.0. The summed E-state index contributed by atoms with van der Waals surface area (Å²) in [5, 5.41) is 3.49. The van der Waals surface area contributed by atoms with Crippen LogP contribution in [0, 0.1) is 0 Å². The lowest BCUT2D eigenvalue weighted by Gasteiger charge is -2.32. The first-order valence-corrected chi connectivity index (χ1v) is 7.06. The number of fused-ring (bicyclic) bond motifs is 1. The Bertz CT molecular complexity index is 456. The minimum absolute atomic E-state index is 0.135. The lowest BCUT2D eigenvalue weighted by atomic mass is 9.81. The third kappa shape index (κ3) is 2.98. The van der Waals surface area contributed by atoms with Crippen LogP contribution in [-0.2, 0) is 4.79 Å². The van der Waals surface area contributed by atoms with E-state index in [9.17, 15) is 4.79 Å². The van der Waals surface area contributed by atoms with E-state index in [0.717, 1.165) is 6.42 Å². The van der Waals surface area contributed by atoms with Crippen LogP contribution in [0.15, 0.2) is 24.3 Å². The van der Waals surface area contributed by atoms with Gasteiger partial charge in [0, 0.05) is 20.1 Å². The molecule has 0 fully saturated rings. The van der Waals surface area contributed by atoms with Crippen molar-refractivity contribution in [3.05, 3.63) is 35.4 Å². The largest absolute Gasteiger partial charge is 0.347 e. The van der Waals surface area contributed by atoms with Gasteiger partial charge in [-0.3, -0.25) is 10.1 Å². The Morgan fingerprint density at radius 1 is 1.26 bits per heavy atom. The molecule has 104 valence electrons. The number of amides is 1. The molecule has 0 radical (unpaired) electrons. The van der Waals surface area contributed by atoms with Crippen molar-refractivity contribution in [2.45, 2.75) is 44.7 Å². The van der Waals surface area contributed by atoms with Crippen LogP contribution in [0.5, 0.6) is 0 Å². The Hall–Kier alpha value is -1.35. The second-order valence-electron chi connectivity index (χ2n) is 5.78. The number of nitrogens with one attached hydrogen (secondary N) is 1. The van der Waals surface area contributed by atoms with Gasteiger partial charge in [0.05, 0.1) is 6.04 Å². The SMILES string of the molecule is CC(NC1CCC(C)c2ccccc21)C(=O)N(C)C. The normalized spacial score (nSPS) is 23.6. The van der Waals surface area contributed by atoms with Crippen molar-refractivity contribution in [1.29, 1.82) is 0 Å². The highest BCUT2D eigenvalue weighted by Crippen LogP contribution is 2.37. The highest BCUT2D eigenvalue weighted by Gasteiger charge is 2.27. The van der Waals surface area contributed by atoms with E-state index in [2.05, 4.69) is 36.5 Å². The minimum atomic E-state index is -0.138. The van der Waals surface area contributed by atoms with Crippen molar-refractivity contribution in [3.8, 4) is 0 Å². The summed E-state index contributed by atoms with van der Waals surface area (Å²) in [5.41, 5.74) is 2.79. The molecule has 3 atom stereocenters. The van der Waals surface area contributed by atoms with Gasteiger partial charge in [-0.05, 0) is 36.8 Å². The molecule has 1 amide bonds. The molecule has 1 N–H and O–H groups in total. The molecule has 0 bridgehead atoms. The fourth-order valence-electron chi connectivity index (χ4n) is 2.94. The van der Waals surface area contributed by atoms with Gasteiger partial charge in [-0.15, -0.1) is 0 Å². The van der Waals surface area contributed by atoms with Crippen molar-refractivity contribution >= 4 is 5.91 Å². The number of benzene rings is 1. The molecule has 3 nitrogen and oxygen atoms in total. The predicted molar refractivity (Wildman–Crippen MR) is 78.1 cm³/mol. The number of carbonyl (C=O) groups excluding carboxylic acids is 1. The van der Waals surface area contributed by atoms with E-state index in [1.807, 2.05) is 6.92 Å². The van der Waals surface area contributed by atoms with E-state index in [1.165, 1.54) is 17.5 Å². The molecule has 0 aliphatic heterocycles. The average molecular weight is 260 g/mol. The van der Waals surface area contributed by atoms with Gasteiger partial charge in [0.2, 0.25) is 5.91 Å². The fraction of sp³-hybridized carbons (Fsp3) is 0.562. The molecule has 1 aliphatic carbocycles. The van der Waals surface area contributed by atoms with Gasteiger partial charge < -0.3 is 4.90 Å². The van der Waals surface area contributed by atoms with Crippen LogP contribution in [0.1, 0.15) is 49.8 Å². The molecular weight excluding hydrogens is 236 g/mol. The summed E-state index contributed by atoms with van der Waals surface area (Å²) in [6.07, 6.45) is 2.28. The van der Waals surface area contributed by atoms with E-state index in [1.54, 1.807) is 19.0 Å². The summed E-state index contributed by atoms with van der Waals surface area (Å²) < 4.78 is 0. The first-order valence-electron chi connectivity index (χ1n) is 7.06. The molecule has 1 aromatic rings. The maximum absolute atomic E-state index is 12.0. The summed E-state index contributed by atoms with van der Waals surface area (Å²) >= 11 is 0. The number of hydrogen-bond acceptors (Lipinski definition) is 2. The van der Waals surface area contributed by atoms with Crippen LogP contribution in [-0.4, -0.2) is 30.9 Å². The number of carbonyl (C=O) groups is 1. The van der Waals surface area contributed by atoms with Gasteiger partial charge in [0.1, 0.15) is 0 Å². The second kappa shape index (κ2) is 5.74. The molecule has 3 heteroatoms. The molecule has 0 spiro atoms. The first kappa shape index (κ1) is 14.1. The number of likely N-dealkylation sites (N-methyl/N-ethyl adjacent to an activating group) is 1. The van der Waals surface area contributed by atoms with Crippen LogP contribution in [0.25, 0.3) is 0 Å². The summed E-state index contributed by atoms with van der Waals surface area (Å²) in [4.78, 5) is 13.6. The zero-order valence-electron chi connectivity index (χ0n) is 12.3. The van der Waals surface area contributed by atoms with Crippen LogP contribution >= 0.6 is 0 Å². The maximum Gasteiger partial charge on any atom is 0.238 e. The monoisotopic (exact) mass is 260 g/mol. The van der Waals surface area contributed by atoms with Crippen molar-refractivity contribution in [1.82, 2.24) is 10.2 Å². The standard InChI is InChI=1S/C16H24N2O/c1-11-9-10-15(14-8-6-5-7-13(11)14)17-12(2)16(19)18(3)4/h5-8,11-12,15,17H,9-10H2,1-4H3. The summed E-state index contributed by atoms with van der Waals surface area (Å²) in [6, 6.07) is 8.76. The Morgan fingerprint density at radius 3 is 2.53 bits per heavy atom. The lowest BCUT2D eigenvalue weighted by Crippen LogP contribution is -2.43. The predicted octanol–water partition coefficient (Wildman–Crippen LogP) is 2.69. The molecule has 0 saturated heterocycles. The molecule has 0 aromatic heterocycles. The highest BCUT2D eigenvalue weighted by molar-refractivity contribution is 5.81. The first-order chi connectivity index (χ1) is 9.00. The molecule has 1 aromatic carbocycles. The Kier molecular flexibility index (Phi) is 4.25. The molecular formula is C16H24N2O. The fourth-order valence-corrected chi connectivity index (χ4v) is 2.94. The van der Waals surface area contributed by atoms with Gasteiger partial charge >= 0.3 is 0 Å². The van der Waals surface area contributed by atoms with Gasteiger partial charge in [0.15, 0.2) is 0 Å². The van der Waals surface area contributed by atoms with Crippen molar-refractivity contribution in [3.63, 3.8) is 0 Å². The smallest absolute Gasteiger partial charge is 0.238 e. The lowest BCUT2D eigenvalue weighted by molar-refractivity contribution is -0.130. The van der Waals surface area contributed by atoms with E-state index < -0.39 is 0 Å². The molecule has 19 heavy (non-hydrogen) atoms. The molecule has 2 rings (SSSR count). The molecule has 0 saturated carbocycles. The molecule has 0 heterocycles. The quantitative estimate of drug-likeness (QED) is 0.906. The van der Waals surface area contributed by atoms with E-state index >= 15 is 0 Å². The van der Waals surface area contributed by atoms with Gasteiger partial charge in [-0.25, -0.2) is 0 Å². The summed E-state index contributed by atoms with van der Waals surface area (Å²) in [6.45, 7) is 4.23. The second-order valence-corrected chi connectivity index (χ2v) is 5.78.